The third-order valence-corrected chi connectivity index (χ3v) is 6.35. The highest BCUT2D eigenvalue weighted by Crippen LogP contribution is 2.34. The summed E-state index contributed by atoms with van der Waals surface area (Å²) >= 11 is 0. The van der Waals surface area contributed by atoms with Crippen molar-refractivity contribution in [1.82, 2.24) is 10.3 Å². The first-order valence-electron chi connectivity index (χ1n) is 11.5. The summed E-state index contributed by atoms with van der Waals surface area (Å²) in [7, 11) is 1.13. The normalized spacial score (nSPS) is 13.6. The minimum atomic E-state index is -1.70. The van der Waals surface area contributed by atoms with Gasteiger partial charge in [-0.05, 0) is 43.2 Å². The molecule has 0 bridgehead atoms. The highest BCUT2D eigenvalue weighted by molar-refractivity contribution is 6.01. The molecule has 0 spiro atoms. The van der Waals surface area contributed by atoms with E-state index >= 15 is 4.39 Å². The molecule has 0 saturated carbocycles. The van der Waals surface area contributed by atoms with E-state index < -0.39 is 40.9 Å². The van der Waals surface area contributed by atoms with Crippen molar-refractivity contribution in [2.24, 2.45) is 0 Å². The Bertz CT molecular complexity index is 1390. The standard InChI is InChI=1S/C28H27F2N3O3/c1-18(19-9-5-4-6-10-19)32-26(34)28(2,16-20-17-31-24-12-8-7-11-22(20)24)33(27(35)36-3)25-15-21(29)13-14-23(25)30/h4-15,17-18,31H,16H2,1-3H3,(H,32,34)/t18-,28+/m0/s1. The number of H-pyrrole nitrogens is 1. The molecule has 8 heteroatoms. The molecular weight excluding hydrogens is 464 g/mol. The number of anilines is 1. The van der Waals surface area contributed by atoms with Crippen LogP contribution in [-0.2, 0) is 16.0 Å². The van der Waals surface area contributed by atoms with E-state index in [4.69, 9.17) is 4.74 Å². The molecule has 0 radical (unpaired) electrons. The predicted octanol–water partition coefficient (Wildman–Crippen LogP) is 5.90. The molecule has 2 atom stereocenters. The van der Waals surface area contributed by atoms with Gasteiger partial charge in [-0.15, -0.1) is 0 Å². The Morgan fingerprint density at radius 2 is 1.75 bits per heavy atom. The van der Waals surface area contributed by atoms with Gasteiger partial charge in [-0.2, -0.15) is 0 Å². The number of nitrogens with one attached hydrogen (secondary N) is 2. The first kappa shape index (κ1) is 24.9. The van der Waals surface area contributed by atoms with Crippen molar-refractivity contribution in [1.29, 1.82) is 0 Å². The third-order valence-electron chi connectivity index (χ3n) is 6.35. The summed E-state index contributed by atoms with van der Waals surface area (Å²) in [5.74, 6) is -2.18. The largest absolute Gasteiger partial charge is 0.452 e. The number of ether oxygens (including phenoxy) is 1. The smallest absolute Gasteiger partial charge is 0.415 e. The Labute approximate surface area is 207 Å². The fraction of sp³-hybridized carbons (Fsp3) is 0.214. The van der Waals surface area contributed by atoms with Crippen LogP contribution in [0.15, 0.2) is 79.0 Å². The van der Waals surface area contributed by atoms with Gasteiger partial charge < -0.3 is 15.0 Å². The molecule has 0 aliphatic rings. The second-order valence-corrected chi connectivity index (χ2v) is 8.82. The lowest BCUT2D eigenvalue weighted by molar-refractivity contribution is -0.126. The molecule has 0 unspecified atom stereocenters. The van der Waals surface area contributed by atoms with E-state index in [1.54, 1.807) is 6.20 Å². The van der Waals surface area contributed by atoms with Crippen LogP contribution in [0.4, 0.5) is 19.3 Å². The van der Waals surface area contributed by atoms with Gasteiger partial charge >= 0.3 is 6.09 Å². The minimum Gasteiger partial charge on any atom is -0.452 e. The van der Waals surface area contributed by atoms with Gasteiger partial charge in [0.25, 0.3) is 0 Å². The summed E-state index contributed by atoms with van der Waals surface area (Å²) in [5, 5.41) is 3.79. The van der Waals surface area contributed by atoms with Crippen molar-refractivity contribution in [3.05, 3.63) is 102 Å². The SMILES string of the molecule is COC(=O)N(c1cc(F)ccc1F)[C@](C)(Cc1c[nH]c2ccccc12)C(=O)N[C@@H](C)c1ccccc1. The lowest BCUT2D eigenvalue weighted by atomic mass is 9.88. The van der Waals surface area contributed by atoms with E-state index in [1.807, 2.05) is 61.5 Å². The monoisotopic (exact) mass is 491 g/mol. The van der Waals surface area contributed by atoms with Crippen LogP contribution in [0.3, 0.4) is 0 Å². The zero-order valence-electron chi connectivity index (χ0n) is 20.2. The number of hydrogen-bond donors (Lipinski definition) is 2. The van der Waals surface area contributed by atoms with Gasteiger partial charge in [0.05, 0.1) is 18.8 Å². The number of aromatic nitrogens is 1. The molecular formula is C28H27F2N3O3. The number of halogens is 2. The molecule has 2 amide bonds. The molecule has 3 aromatic carbocycles. The zero-order valence-corrected chi connectivity index (χ0v) is 20.2. The van der Waals surface area contributed by atoms with Gasteiger partial charge in [0, 0.05) is 29.6 Å². The lowest BCUT2D eigenvalue weighted by Gasteiger charge is -2.39. The van der Waals surface area contributed by atoms with Crippen LogP contribution in [0.2, 0.25) is 0 Å². The van der Waals surface area contributed by atoms with E-state index in [0.29, 0.717) is 0 Å². The fourth-order valence-corrected chi connectivity index (χ4v) is 4.40. The molecule has 186 valence electrons. The molecule has 36 heavy (non-hydrogen) atoms. The van der Waals surface area contributed by atoms with Gasteiger partial charge in [-0.1, -0.05) is 48.5 Å². The average Bonchev–Trinajstić information content (AvgIpc) is 3.29. The predicted molar refractivity (Wildman–Crippen MR) is 135 cm³/mol. The molecule has 1 heterocycles. The number of benzene rings is 3. The number of fused-ring (bicyclic) bond motifs is 1. The Kier molecular flexibility index (Phi) is 7.05. The summed E-state index contributed by atoms with van der Waals surface area (Å²) in [4.78, 5) is 31.1. The summed E-state index contributed by atoms with van der Waals surface area (Å²) in [5.41, 5.74) is 0.319. The Hall–Kier alpha value is -4.20. The van der Waals surface area contributed by atoms with Crippen LogP contribution in [0.1, 0.15) is 31.0 Å². The summed E-state index contributed by atoms with van der Waals surface area (Å²) in [6, 6.07) is 19.1. The Balaban J connectivity index is 1.84. The van der Waals surface area contributed by atoms with Crippen LogP contribution >= 0.6 is 0 Å². The van der Waals surface area contributed by atoms with Crippen molar-refractivity contribution in [3.63, 3.8) is 0 Å². The maximum atomic E-state index is 15.0. The molecule has 4 aromatic rings. The summed E-state index contributed by atoms with van der Waals surface area (Å²) in [6.07, 6.45) is 0.744. The molecule has 0 aliphatic carbocycles. The van der Waals surface area contributed by atoms with Crippen LogP contribution < -0.4 is 10.2 Å². The van der Waals surface area contributed by atoms with Crippen molar-refractivity contribution < 1.29 is 23.1 Å². The number of amides is 2. The molecule has 2 N–H and O–H groups in total. The van der Waals surface area contributed by atoms with Crippen molar-refractivity contribution in [3.8, 4) is 0 Å². The lowest BCUT2D eigenvalue weighted by Crippen LogP contribution is -2.61. The van der Waals surface area contributed by atoms with Gasteiger partial charge in [0.2, 0.25) is 5.91 Å². The number of hydrogen-bond acceptors (Lipinski definition) is 3. The highest BCUT2D eigenvalue weighted by Gasteiger charge is 2.46. The number of methoxy groups -OCH3 is 1. The number of nitrogens with zero attached hydrogens (tertiary/aromatic N) is 1. The second-order valence-electron chi connectivity index (χ2n) is 8.82. The molecule has 1 aromatic heterocycles. The number of aromatic amines is 1. The summed E-state index contributed by atoms with van der Waals surface area (Å²) in [6.45, 7) is 3.33. The minimum absolute atomic E-state index is 0.00455. The first-order valence-corrected chi connectivity index (χ1v) is 11.5. The molecule has 4 rings (SSSR count). The quantitative estimate of drug-likeness (QED) is 0.338. The van der Waals surface area contributed by atoms with E-state index in [2.05, 4.69) is 10.3 Å². The maximum Gasteiger partial charge on any atom is 0.415 e. The number of carbonyl (C=O) groups excluding carboxylic acids is 2. The van der Waals surface area contributed by atoms with Crippen molar-refractivity contribution >= 4 is 28.6 Å². The number of rotatable bonds is 7. The van der Waals surface area contributed by atoms with Crippen LogP contribution in [0.25, 0.3) is 10.9 Å². The van der Waals surface area contributed by atoms with Gasteiger partial charge in [-0.25, -0.2) is 13.6 Å². The van der Waals surface area contributed by atoms with Gasteiger partial charge in [0.1, 0.15) is 17.2 Å². The molecule has 0 saturated heterocycles. The molecule has 6 nitrogen and oxygen atoms in total. The van der Waals surface area contributed by atoms with Crippen molar-refractivity contribution in [2.75, 3.05) is 12.0 Å². The van der Waals surface area contributed by atoms with E-state index in [1.165, 1.54) is 6.92 Å². The molecule has 0 fully saturated rings. The van der Waals surface area contributed by atoms with E-state index in [-0.39, 0.29) is 6.42 Å². The van der Waals surface area contributed by atoms with E-state index in [9.17, 15) is 14.0 Å². The topological polar surface area (TPSA) is 74.4 Å². The maximum absolute atomic E-state index is 15.0. The van der Waals surface area contributed by atoms with Crippen LogP contribution in [0, 0.1) is 11.6 Å². The number of para-hydroxylation sites is 1. The Morgan fingerprint density at radius 3 is 2.47 bits per heavy atom. The fourth-order valence-electron chi connectivity index (χ4n) is 4.40. The Morgan fingerprint density at radius 1 is 1.06 bits per heavy atom. The van der Waals surface area contributed by atoms with E-state index in [0.717, 1.165) is 52.2 Å². The highest BCUT2D eigenvalue weighted by atomic mass is 19.1. The van der Waals surface area contributed by atoms with Crippen molar-refractivity contribution in [2.45, 2.75) is 31.8 Å². The number of carbonyl (C=O) groups is 2. The average molecular weight is 492 g/mol. The zero-order chi connectivity index (χ0) is 25.9. The van der Waals surface area contributed by atoms with Crippen LogP contribution in [-0.4, -0.2) is 29.6 Å². The third kappa shape index (κ3) is 4.79. The first-order chi connectivity index (χ1) is 17.2. The molecule has 0 aliphatic heterocycles. The van der Waals surface area contributed by atoms with Crippen LogP contribution in [0.5, 0.6) is 0 Å². The summed E-state index contributed by atoms with van der Waals surface area (Å²) < 4.78 is 34.2. The second kappa shape index (κ2) is 10.2. The van der Waals surface area contributed by atoms with Gasteiger partial charge in [0.15, 0.2) is 0 Å². The van der Waals surface area contributed by atoms with Gasteiger partial charge in [-0.3, -0.25) is 9.69 Å².